The van der Waals surface area contributed by atoms with Crippen molar-refractivity contribution >= 4 is 11.8 Å². The Bertz CT molecular complexity index is 736. The van der Waals surface area contributed by atoms with E-state index in [1.165, 1.54) is 18.5 Å². The lowest BCUT2D eigenvalue weighted by Gasteiger charge is -2.30. The Labute approximate surface area is 132 Å². The Balaban J connectivity index is 1.80. The molecule has 6 nitrogen and oxygen atoms in total. The van der Waals surface area contributed by atoms with Crippen LogP contribution in [0.2, 0.25) is 0 Å². The molecule has 0 spiro atoms. The molecule has 0 bridgehead atoms. The number of hydrogen-bond donors (Lipinski definition) is 1. The highest BCUT2D eigenvalue weighted by Crippen LogP contribution is 2.26. The van der Waals surface area contributed by atoms with Gasteiger partial charge >= 0.3 is 0 Å². The van der Waals surface area contributed by atoms with E-state index in [0.717, 1.165) is 0 Å². The van der Waals surface area contributed by atoms with Crippen LogP contribution in [0.1, 0.15) is 23.3 Å². The number of piperidine rings is 1. The molecule has 0 saturated carbocycles. The van der Waals surface area contributed by atoms with Crippen molar-refractivity contribution in [1.29, 1.82) is 0 Å². The standard InChI is InChI=1S/C16H16FN3O3/c17-12-3-1-2-11(8-12)14-13(19-9-23-14)16(22)20-6-4-10(5-7-20)15(18)21/h1-3,8-10H,4-7H2,(H2,18,21). The second-order valence-electron chi connectivity index (χ2n) is 5.51. The lowest BCUT2D eigenvalue weighted by atomic mass is 9.96. The molecular formula is C16H16FN3O3. The van der Waals surface area contributed by atoms with Gasteiger partial charge in [-0.05, 0) is 25.0 Å². The third-order valence-corrected chi connectivity index (χ3v) is 4.04. The minimum atomic E-state index is -0.417. The Morgan fingerprint density at radius 1 is 1.30 bits per heavy atom. The van der Waals surface area contributed by atoms with Gasteiger partial charge in [0.15, 0.2) is 17.8 Å². The molecule has 1 aliphatic heterocycles. The highest BCUT2D eigenvalue weighted by molar-refractivity contribution is 5.97. The van der Waals surface area contributed by atoms with Gasteiger partial charge in [0.2, 0.25) is 5.91 Å². The minimum Gasteiger partial charge on any atom is -0.443 e. The van der Waals surface area contributed by atoms with Crippen molar-refractivity contribution in [3.63, 3.8) is 0 Å². The fourth-order valence-electron chi connectivity index (χ4n) is 2.75. The number of carbonyl (C=O) groups is 2. The monoisotopic (exact) mass is 317 g/mol. The fraction of sp³-hybridized carbons (Fsp3) is 0.312. The van der Waals surface area contributed by atoms with Crippen molar-refractivity contribution in [2.75, 3.05) is 13.1 Å². The number of carbonyl (C=O) groups excluding carboxylic acids is 2. The van der Waals surface area contributed by atoms with Gasteiger partial charge in [-0.1, -0.05) is 12.1 Å². The normalized spacial score (nSPS) is 15.6. The van der Waals surface area contributed by atoms with Gasteiger partial charge in [-0.2, -0.15) is 0 Å². The van der Waals surface area contributed by atoms with Crippen LogP contribution in [0.5, 0.6) is 0 Å². The molecule has 2 aromatic rings. The summed E-state index contributed by atoms with van der Waals surface area (Å²) in [5.74, 6) is -0.995. The Morgan fingerprint density at radius 3 is 2.70 bits per heavy atom. The summed E-state index contributed by atoms with van der Waals surface area (Å²) < 4.78 is 18.6. The predicted octanol–water partition coefficient (Wildman–Crippen LogP) is 1.82. The van der Waals surface area contributed by atoms with E-state index in [-0.39, 0.29) is 29.2 Å². The number of aromatic nitrogens is 1. The summed E-state index contributed by atoms with van der Waals surface area (Å²) in [6, 6.07) is 5.80. The summed E-state index contributed by atoms with van der Waals surface area (Å²) in [6.07, 6.45) is 2.24. The molecular weight excluding hydrogens is 301 g/mol. The van der Waals surface area contributed by atoms with Gasteiger partial charge in [0.05, 0.1) is 0 Å². The molecule has 1 aliphatic rings. The molecule has 0 radical (unpaired) electrons. The van der Waals surface area contributed by atoms with Crippen molar-refractivity contribution < 1.29 is 18.4 Å². The number of rotatable bonds is 3. The summed E-state index contributed by atoms with van der Waals surface area (Å²) in [4.78, 5) is 29.4. The fourth-order valence-corrected chi connectivity index (χ4v) is 2.75. The van der Waals surface area contributed by atoms with E-state index in [1.54, 1.807) is 17.0 Å². The molecule has 0 aliphatic carbocycles. The molecule has 1 aromatic carbocycles. The van der Waals surface area contributed by atoms with E-state index in [9.17, 15) is 14.0 Å². The number of nitrogens with zero attached hydrogens (tertiary/aromatic N) is 2. The second kappa shape index (κ2) is 6.20. The molecule has 1 aromatic heterocycles. The average molecular weight is 317 g/mol. The van der Waals surface area contributed by atoms with Gasteiger partial charge in [-0.25, -0.2) is 9.37 Å². The minimum absolute atomic E-state index is 0.146. The molecule has 2 amide bonds. The van der Waals surface area contributed by atoms with E-state index in [1.807, 2.05) is 0 Å². The van der Waals surface area contributed by atoms with Crippen molar-refractivity contribution in [1.82, 2.24) is 9.88 Å². The maximum absolute atomic E-state index is 13.4. The van der Waals surface area contributed by atoms with Crippen LogP contribution in [0.3, 0.4) is 0 Å². The van der Waals surface area contributed by atoms with Crippen LogP contribution >= 0.6 is 0 Å². The highest BCUT2D eigenvalue weighted by Gasteiger charge is 2.29. The molecule has 0 atom stereocenters. The van der Waals surface area contributed by atoms with Gasteiger partial charge in [-0.15, -0.1) is 0 Å². The number of halogens is 1. The number of likely N-dealkylation sites (tertiary alicyclic amines) is 1. The number of benzene rings is 1. The van der Waals surface area contributed by atoms with Crippen LogP contribution < -0.4 is 5.73 Å². The molecule has 1 fully saturated rings. The van der Waals surface area contributed by atoms with Crippen LogP contribution in [0.15, 0.2) is 35.1 Å². The van der Waals surface area contributed by atoms with Crippen molar-refractivity contribution in [2.24, 2.45) is 11.7 Å². The first kappa shape index (κ1) is 15.2. The number of nitrogens with two attached hydrogens (primary N) is 1. The Morgan fingerprint density at radius 2 is 2.04 bits per heavy atom. The molecule has 120 valence electrons. The zero-order valence-corrected chi connectivity index (χ0v) is 12.4. The molecule has 2 N–H and O–H groups in total. The number of primary amides is 1. The van der Waals surface area contributed by atoms with E-state index < -0.39 is 5.82 Å². The van der Waals surface area contributed by atoms with Gasteiger partial charge < -0.3 is 15.1 Å². The maximum atomic E-state index is 13.4. The third kappa shape index (κ3) is 3.08. The quantitative estimate of drug-likeness (QED) is 0.935. The summed E-state index contributed by atoms with van der Waals surface area (Å²) in [6.45, 7) is 0.865. The lowest BCUT2D eigenvalue weighted by molar-refractivity contribution is -0.123. The van der Waals surface area contributed by atoms with E-state index >= 15 is 0 Å². The summed E-state index contributed by atoms with van der Waals surface area (Å²) in [7, 11) is 0. The predicted molar refractivity (Wildman–Crippen MR) is 79.7 cm³/mol. The summed E-state index contributed by atoms with van der Waals surface area (Å²) >= 11 is 0. The van der Waals surface area contributed by atoms with Crippen LogP contribution in [0.4, 0.5) is 4.39 Å². The number of hydrogen-bond acceptors (Lipinski definition) is 4. The van der Waals surface area contributed by atoms with Gasteiger partial charge in [-0.3, -0.25) is 9.59 Å². The highest BCUT2D eigenvalue weighted by atomic mass is 19.1. The van der Waals surface area contributed by atoms with Gasteiger partial charge in [0.1, 0.15) is 5.82 Å². The van der Waals surface area contributed by atoms with Crippen LogP contribution in [-0.4, -0.2) is 34.8 Å². The second-order valence-corrected chi connectivity index (χ2v) is 5.51. The van der Waals surface area contributed by atoms with Crippen molar-refractivity contribution in [3.05, 3.63) is 42.2 Å². The summed E-state index contributed by atoms with van der Waals surface area (Å²) in [5, 5.41) is 0. The molecule has 23 heavy (non-hydrogen) atoms. The first-order valence-corrected chi connectivity index (χ1v) is 7.34. The first-order chi connectivity index (χ1) is 11.1. The van der Waals surface area contributed by atoms with E-state index in [2.05, 4.69) is 4.98 Å². The Kier molecular flexibility index (Phi) is 4.10. The first-order valence-electron chi connectivity index (χ1n) is 7.34. The molecule has 1 saturated heterocycles. The molecule has 3 rings (SSSR count). The number of amides is 2. The SMILES string of the molecule is NC(=O)C1CCN(C(=O)c2ncoc2-c2cccc(F)c2)CC1. The third-order valence-electron chi connectivity index (χ3n) is 4.04. The summed E-state index contributed by atoms with van der Waals surface area (Å²) in [5.41, 5.74) is 5.90. The van der Waals surface area contributed by atoms with Crippen molar-refractivity contribution in [3.8, 4) is 11.3 Å². The van der Waals surface area contributed by atoms with Gasteiger partial charge in [0, 0.05) is 24.6 Å². The largest absolute Gasteiger partial charge is 0.443 e. The zero-order valence-electron chi connectivity index (χ0n) is 12.4. The molecule has 7 heteroatoms. The molecule has 0 unspecified atom stereocenters. The number of oxazole rings is 1. The van der Waals surface area contributed by atoms with Crippen LogP contribution in [0.25, 0.3) is 11.3 Å². The maximum Gasteiger partial charge on any atom is 0.276 e. The zero-order chi connectivity index (χ0) is 16.4. The lowest BCUT2D eigenvalue weighted by Crippen LogP contribution is -2.42. The topological polar surface area (TPSA) is 89.4 Å². The van der Waals surface area contributed by atoms with Crippen molar-refractivity contribution in [2.45, 2.75) is 12.8 Å². The van der Waals surface area contributed by atoms with Crippen LogP contribution in [-0.2, 0) is 4.79 Å². The molecule has 2 heterocycles. The average Bonchev–Trinajstić information content (AvgIpc) is 3.04. The smallest absolute Gasteiger partial charge is 0.276 e. The van der Waals surface area contributed by atoms with E-state index in [0.29, 0.717) is 31.5 Å². The van der Waals surface area contributed by atoms with E-state index in [4.69, 9.17) is 10.2 Å². The Hall–Kier alpha value is -2.70. The van der Waals surface area contributed by atoms with Crippen LogP contribution in [0, 0.1) is 11.7 Å². The van der Waals surface area contributed by atoms with Gasteiger partial charge in [0.25, 0.3) is 5.91 Å².